The first-order valence-corrected chi connectivity index (χ1v) is 17.7. The second-order valence-corrected chi connectivity index (χ2v) is 14.0. The molecule has 1 atom stereocenters. The maximum absolute atomic E-state index is 16.2. The van der Waals surface area contributed by atoms with Gasteiger partial charge in [-0.2, -0.15) is 8.78 Å². The van der Waals surface area contributed by atoms with Crippen molar-refractivity contribution in [2.45, 2.75) is 42.9 Å². The van der Waals surface area contributed by atoms with E-state index in [-0.39, 0.29) is 18.0 Å². The predicted octanol–water partition coefficient (Wildman–Crippen LogP) is 8.36. The van der Waals surface area contributed by atoms with Gasteiger partial charge >= 0.3 is 11.9 Å². The van der Waals surface area contributed by atoms with E-state index in [1.807, 2.05) is 49.4 Å². The van der Waals surface area contributed by atoms with Crippen molar-refractivity contribution in [1.29, 1.82) is 0 Å². The minimum atomic E-state index is -4.28. The molecule has 9 heteroatoms. The number of ether oxygens (including phenoxy) is 1. The molecule has 0 aliphatic carbocycles. The number of aryl methyl sites for hydroxylation is 1. The number of sulfonamides is 1. The summed E-state index contributed by atoms with van der Waals surface area (Å²) in [5.74, 6) is -5.56. The maximum atomic E-state index is 16.2. The fraction of sp³-hybridized carbons (Fsp3) is 0.250. The fourth-order valence-corrected chi connectivity index (χ4v) is 8.23. The van der Waals surface area contributed by atoms with Gasteiger partial charge < -0.3 is 4.74 Å². The van der Waals surface area contributed by atoms with Gasteiger partial charge in [0.05, 0.1) is 17.2 Å². The minimum absolute atomic E-state index is 0.0422. The smallest absolute Gasteiger partial charge is 0.377 e. The van der Waals surface area contributed by atoms with E-state index in [2.05, 4.69) is 22.6 Å². The van der Waals surface area contributed by atoms with Crippen LogP contribution in [0.3, 0.4) is 0 Å². The molecule has 4 aromatic rings. The lowest BCUT2D eigenvalue weighted by Gasteiger charge is -2.41. The van der Waals surface area contributed by atoms with Crippen molar-refractivity contribution >= 4 is 49.8 Å². The maximum Gasteiger partial charge on any atom is 0.377 e. The average molecular weight is 742 g/mol. The zero-order chi connectivity index (χ0) is 32.2. The third kappa shape index (κ3) is 6.42. The van der Waals surface area contributed by atoms with Crippen molar-refractivity contribution in [3.8, 4) is 0 Å². The number of para-hydroxylation sites is 1. The Kier molecular flexibility index (Phi) is 9.79. The summed E-state index contributed by atoms with van der Waals surface area (Å²) in [6.07, 6.45) is -0.621. The molecule has 0 aromatic heterocycles. The Hall–Kier alpha value is -3.57. The van der Waals surface area contributed by atoms with E-state index in [1.165, 1.54) is 23.4 Å². The van der Waals surface area contributed by atoms with Gasteiger partial charge in [-0.05, 0) is 60.7 Å². The molecule has 0 saturated heterocycles. The SMILES string of the molecule is CCOC(=O)C(F)(F)CC1(c2ccccc2)CN(S(=O)(=O)c2ccc(C)cc2)c2ccccc2C(c2ccccc2)=C1CCI. The fourth-order valence-electron chi connectivity index (χ4n) is 6.15. The van der Waals surface area contributed by atoms with Crippen LogP contribution in [0, 0.1) is 6.92 Å². The number of esters is 1. The molecule has 0 radical (unpaired) electrons. The molecule has 0 amide bonds. The number of hydrogen-bond donors (Lipinski definition) is 0. The zero-order valence-corrected chi connectivity index (χ0v) is 28.0. The normalized spacial score (nSPS) is 17.0. The molecule has 234 valence electrons. The number of halogens is 3. The molecule has 0 saturated carbocycles. The Labute approximate surface area is 277 Å². The summed E-state index contributed by atoms with van der Waals surface area (Å²) in [7, 11) is -4.28. The first-order valence-electron chi connectivity index (χ1n) is 14.7. The summed E-state index contributed by atoms with van der Waals surface area (Å²) in [5, 5.41) is 0. The highest BCUT2D eigenvalue weighted by atomic mass is 127. The van der Waals surface area contributed by atoms with Crippen molar-refractivity contribution in [1.82, 2.24) is 0 Å². The second-order valence-electron chi connectivity index (χ2n) is 11.1. The molecule has 45 heavy (non-hydrogen) atoms. The van der Waals surface area contributed by atoms with Crippen molar-refractivity contribution in [2.24, 2.45) is 0 Å². The van der Waals surface area contributed by atoms with E-state index in [0.29, 0.717) is 38.8 Å². The lowest BCUT2D eigenvalue weighted by atomic mass is 9.67. The molecule has 1 aliphatic heterocycles. The van der Waals surface area contributed by atoms with Crippen molar-refractivity contribution in [3.05, 3.63) is 137 Å². The number of fused-ring (bicyclic) bond motifs is 1. The number of rotatable bonds is 10. The van der Waals surface area contributed by atoms with Crippen LogP contribution >= 0.6 is 22.6 Å². The van der Waals surface area contributed by atoms with Gasteiger partial charge in [0.15, 0.2) is 0 Å². The van der Waals surface area contributed by atoms with Gasteiger partial charge in [-0.25, -0.2) is 13.2 Å². The topological polar surface area (TPSA) is 63.7 Å². The molecule has 1 heterocycles. The summed E-state index contributed by atoms with van der Waals surface area (Å²) in [6.45, 7) is 2.77. The number of anilines is 1. The van der Waals surface area contributed by atoms with Crippen LogP contribution in [0.15, 0.2) is 120 Å². The standard InChI is InChI=1S/C36H34F2INO4S/c1-3-44-34(41)36(37,38)24-35(28-14-8-5-9-15-28)25-40(45(42,43)29-20-18-26(2)19-21-29)32-17-11-10-16-30(32)33(31(35)22-23-39)27-12-6-4-7-13-27/h4-21H,3,22-25H2,1-2H3. The van der Waals surface area contributed by atoms with Crippen molar-refractivity contribution < 1.29 is 26.7 Å². The first-order chi connectivity index (χ1) is 21.5. The molecule has 5 rings (SSSR count). The minimum Gasteiger partial charge on any atom is -0.462 e. The van der Waals surface area contributed by atoms with E-state index >= 15 is 8.78 Å². The zero-order valence-electron chi connectivity index (χ0n) is 25.1. The Bertz CT molecular complexity index is 1800. The summed E-state index contributed by atoms with van der Waals surface area (Å²) in [4.78, 5) is 12.9. The average Bonchev–Trinajstić information content (AvgIpc) is 3.16. The number of hydrogen-bond acceptors (Lipinski definition) is 4. The lowest BCUT2D eigenvalue weighted by molar-refractivity contribution is -0.174. The summed E-state index contributed by atoms with van der Waals surface area (Å²) >= 11 is 2.22. The van der Waals surface area contributed by atoms with E-state index in [1.54, 1.807) is 54.6 Å². The van der Waals surface area contributed by atoms with E-state index < -0.39 is 33.8 Å². The third-order valence-corrected chi connectivity index (χ3v) is 10.5. The largest absolute Gasteiger partial charge is 0.462 e. The number of carbonyl (C=O) groups excluding carboxylic acids is 1. The number of nitrogens with zero attached hydrogens (tertiary/aromatic N) is 1. The van der Waals surface area contributed by atoms with Gasteiger partial charge in [0.2, 0.25) is 0 Å². The molecule has 5 nitrogen and oxygen atoms in total. The van der Waals surface area contributed by atoms with E-state index in [0.717, 1.165) is 11.1 Å². The number of alkyl halides is 3. The van der Waals surface area contributed by atoms with Gasteiger partial charge in [-0.3, -0.25) is 4.31 Å². The van der Waals surface area contributed by atoms with Gasteiger partial charge in [0.25, 0.3) is 10.0 Å². The lowest BCUT2D eigenvalue weighted by Crippen LogP contribution is -2.49. The molecule has 1 aliphatic rings. The number of benzene rings is 4. The van der Waals surface area contributed by atoms with Crippen LogP contribution in [0.2, 0.25) is 0 Å². The van der Waals surface area contributed by atoms with Gasteiger partial charge in [0.1, 0.15) is 0 Å². The van der Waals surface area contributed by atoms with Crippen LogP contribution in [-0.4, -0.2) is 37.9 Å². The number of carbonyl (C=O) groups is 1. The Balaban J connectivity index is 1.93. The molecule has 0 N–H and O–H groups in total. The van der Waals surface area contributed by atoms with Crippen molar-refractivity contribution in [3.63, 3.8) is 0 Å². The summed E-state index contributed by atoms with van der Waals surface area (Å²) in [6, 6.07) is 31.8. The van der Waals surface area contributed by atoms with Crippen LogP contribution in [0.4, 0.5) is 14.5 Å². The summed E-state index contributed by atoms with van der Waals surface area (Å²) in [5.41, 5.74) is 2.79. The molecular formula is C36H34F2INO4S. The molecule has 0 bridgehead atoms. The molecule has 1 unspecified atom stereocenters. The molecule has 0 fully saturated rings. The summed E-state index contributed by atoms with van der Waals surface area (Å²) < 4.78 is 68.5. The predicted molar refractivity (Wildman–Crippen MR) is 182 cm³/mol. The highest BCUT2D eigenvalue weighted by molar-refractivity contribution is 14.1. The van der Waals surface area contributed by atoms with Crippen LogP contribution in [-0.2, 0) is 25.0 Å². The van der Waals surface area contributed by atoms with Gasteiger partial charge in [-0.1, -0.05) is 119 Å². The van der Waals surface area contributed by atoms with Crippen LogP contribution in [0.1, 0.15) is 42.0 Å². The van der Waals surface area contributed by atoms with Gasteiger partial charge in [0, 0.05) is 28.4 Å². The molecule has 4 aromatic carbocycles. The third-order valence-electron chi connectivity index (χ3n) is 8.18. The van der Waals surface area contributed by atoms with E-state index in [4.69, 9.17) is 4.74 Å². The monoisotopic (exact) mass is 741 g/mol. The first kappa shape index (κ1) is 32.8. The Morgan fingerprint density at radius 1 is 0.911 bits per heavy atom. The Morgan fingerprint density at radius 3 is 2.13 bits per heavy atom. The van der Waals surface area contributed by atoms with Crippen LogP contribution < -0.4 is 4.31 Å². The Morgan fingerprint density at radius 2 is 1.51 bits per heavy atom. The van der Waals surface area contributed by atoms with E-state index in [9.17, 15) is 13.2 Å². The highest BCUT2D eigenvalue weighted by Gasteiger charge is 2.54. The van der Waals surface area contributed by atoms with Crippen LogP contribution in [0.5, 0.6) is 0 Å². The van der Waals surface area contributed by atoms with Crippen molar-refractivity contribution in [2.75, 3.05) is 21.9 Å². The van der Waals surface area contributed by atoms with Crippen LogP contribution in [0.25, 0.3) is 5.57 Å². The second kappa shape index (κ2) is 13.4. The molecule has 0 spiro atoms. The quantitative estimate of drug-likeness (QED) is 0.0932. The highest BCUT2D eigenvalue weighted by Crippen LogP contribution is 2.52. The molecular weight excluding hydrogens is 707 g/mol. The van der Waals surface area contributed by atoms with Gasteiger partial charge in [-0.15, -0.1) is 0 Å².